The van der Waals surface area contributed by atoms with E-state index in [0.29, 0.717) is 6.54 Å². The highest BCUT2D eigenvalue weighted by Crippen LogP contribution is 1.59. The largest absolute Gasteiger partial charge is 1.00 e. The molecule has 0 saturated carbocycles. The van der Waals surface area contributed by atoms with Gasteiger partial charge in [-0.2, -0.15) is 0 Å². The summed E-state index contributed by atoms with van der Waals surface area (Å²) in [5.41, 5.74) is 10.2. The Bertz CT molecular complexity index is 24.9. The summed E-state index contributed by atoms with van der Waals surface area (Å²) in [6.07, 6.45) is 0. The SMILES string of the molecule is CC(N)CN.[H+].[H+]. The van der Waals surface area contributed by atoms with Crippen molar-refractivity contribution in [2.45, 2.75) is 13.0 Å². The summed E-state index contributed by atoms with van der Waals surface area (Å²) in [5, 5.41) is 0. The lowest BCUT2D eigenvalue weighted by Crippen LogP contribution is -2.25. The minimum absolute atomic E-state index is 0. The molecule has 0 spiro atoms. The molecule has 0 heterocycles. The first-order chi connectivity index (χ1) is 2.27. The molecule has 2 heteroatoms. The lowest BCUT2D eigenvalue weighted by atomic mass is 10.4. The van der Waals surface area contributed by atoms with E-state index in [9.17, 15) is 0 Å². The standard InChI is InChI=1S/C3H10N2/c1-3(5)2-4/h3H,2,4-5H2,1H3/p+2. The van der Waals surface area contributed by atoms with Gasteiger partial charge < -0.3 is 11.5 Å². The fraction of sp³-hybridized carbons (Fsp3) is 1.00. The summed E-state index contributed by atoms with van der Waals surface area (Å²) in [6.45, 7) is 2.46. The molecule has 0 aromatic heterocycles. The van der Waals surface area contributed by atoms with Crippen LogP contribution in [0.25, 0.3) is 0 Å². The van der Waals surface area contributed by atoms with E-state index in [0.717, 1.165) is 0 Å². The molecular weight excluding hydrogens is 64.0 g/mol. The Balaban J connectivity index is -0.0000000800. The van der Waals surface area contributed by atoms with Crippen molar-refractivity contribution in [3.8, 4) is 0 Å². The first-order valence-corrected chi connectivity index (χ1v) is 1.73. The van der Waals surface area contributed by atoms with Crippen LogP contribution in [0.15, 0.2) is 0 Å². The Kier molecular flexibility index (Phi) is 2.14. The molecule has 0 aliphatic heterocycles. The van der Waals surface area contributed by atoms with Crippen molar-refractivity contribution in [3.05, 3.63) is 0 Å². The van der Waals surface area contributed by atoms with E-state index in [-0.39, 0.29) is 8.90 Å². The van der Waals surface area contributed by atoms with Crippen LogP contribution in [0.2, 0.25) is 0 Å². The molecule has 0 saturated heterocycles. The first kappa shape index (κ1) is 4.92. The van der Waals surface area contributed by atoms with E-state index in [2.05, 4.69) is 0 Å². The summed E-state index contributed by atoms with van der Waals surface area (Å²) in [6, 6.07) is 0.162. The Labute approximate surface area is 35.1 Å². The van der Waals surface area contributed by atoms with Gasteiger partial charge in [0.2, 0.25) is 0 Å². The fourth-order valence-electron chi connectivity index (χ4n) is 0. The van der Waals surface area contributed by atoms with E-state index in [1.54, 1.807) is 0 Å². The zero-order valence-electron chi connectivity index (χ0n) is 5.44. The fourth-order valence-corrected chi connectivity index (χ4v) is 0. The highest BCUT2D eigenvalue weighted by atomic mass is 14.7. The molecule has 0 aliphatic carbocycles. The Morgan fingerprint density at radius 1 is 2.00 bits per heavy atom. The smallest absolute Gasteiger partial charge is 0.329 e. The molecule has 2 nitrogen and oxygen atoms in total. The molecule has 0 amide bonds. The summed E-state index contributed by atoms with van der Waals surface area (Å²) in [7, 11) is 0. The number of nitrogens with two attached hydrogens (primary N) is 2. The minimum Gasteiger partial charge on any atom is -0.329 e. The van der Waals surface area contributed by atoms with Gasteiger partial charge in [0.15, 0.2) is 0 Å². The van der Waals surface area contributed by atoms with Gasteiger partial charge in [-0.1, -0.05) is 0 Å². The number of rotatable bonds is 1. The minimum atomic E-state index is 0. The van der Waals surface area contributed by atoms with E-state index in [1.165, 1.54) is 0 Å². The summed E-state index contributed by atoms with van der Waals surface area (Å²) in [4.78, 5) is 0. The second kappa shape index (κ2) is 2.18. The molecule has 1 atom stereocenters. The van der Waals surface area contributed by atoms with Gasteiger partial charge in [0, 0.05) is 12.6 Å². The summed E-state index contributed by atoms with van der Waals surface area (Å²) in [5.74, 6) is 0. The monoisotopic (exact) mass is 76.1 g/mol. The van der Waals surface area contributed by atoms with Crippen LogP contribution in [0, 0.1) is 0 Å². The molecule has 5 heavy (non-hydrogen) atoms. The molecule has 32 valence electrons. The molecular formula is C3H12N2+2. The van der Waals surface area contributed by atoms with Gasteiger partial charge in [0.05, 0.1) is 0 Å². The average molecular weight is 76.1 g/mol. The zero-order chi connectivity index (χ0) is 4.28. The maximum atomic E-state index is 5.17. The Hall–Kier alpha value is -0.0800. The van der Waals surface area contributed by atoms with E-state index < -0.39 is 0 Å². The summed E-state index contributed by atoms with van der Waals surface area (Å²) >= 11 is 0. The van der Waals surface area contributed by atoms with Gasteiger partial charge >= 0.3 is 2.85 Å². The number of hydrogen-bond acceptors (Lipinski definition) is 2. The van der Waals surface area contributed by atoms with Gasteiger partial charge in [0.25, 0.3) is 0 Å². The maximum absolute atomic E-state index is 5.17. The molecule has 4 N–H and O–H groups in total. The highest BCUT2D eigenvalue weighted by Gasteiger charge is 1.79. The predicted molar refractivity (Wildman–Crippen MR) is 24.9 cm³/mol. The summed E-state index contributed by atoms with van der Waals surface area (Å²) < 4.78 is 0. The topological polar surface area (TPSA) is 52.0 Å². The van der Waals surface area contributed by atoms with Gasteiger partial charge in [-0.25, -0.2) is 0 Å². The van der Waals surface area contributed by atoms with Crippen LogP contribution in [-0.4, -0.2) is 12.6 Å². The van der Waals surface area contributed by atoms with E-state index >= 15 is 0 Å². The zero-order valence-corrected chi connectivity index (χ0v) is 3.44. The normalized spacial score (nSPS) is 15.0. The van der Waals surface area contributed by atoms with Gasteiger partial charge in [-0.05, 0) is 6.92 Å². The van der Waals surface area contributed by atoms with Crippen LogP contribution in [0.5, 0.6) is 0 Å². The lowest BCUT2D eigenvalue weighted by Gasteiger charge is -1.92. The van der Waals surface area contributed by atoms with Crippen LogP contribution in [0.3, 0.4) is 0 Å². The third-order valence-electron chi connectivity index (χ3n) is 0.372. The van der Waals surface area contributed by atoms with Crippen molar-refractivity contribution in [1.29, 1.82) is 0 Å². The molecule has 0 radical (unpaired) electrons. The molecule has 0 aromatic rings. The van der Waals surface area contributed by atoms with Crippen LogP contribution < -0.4 is 11.5 Å². The Morgan fingerprint density at radius 2 is 2.20 bits per heavy atom. The maximum Gasteiger partial charge on any atom is 1.00 e. The van der Waals surface area contributed by atoms with Gasteiger partial charge in [-0.3, -0.25) is 0 Å². The van der Waals surface area contributed by atoms with Crippen molar-refractivity contribution < 1.29 is 2.85 Å². The highest BCUT2D eigenvalue weighted by molar-refractivity contribution is 4.48. The van der Waals surface area contributed by atoms with Crippen LogP contribution in [-0.2, 0) is 0 Å². The van der Waals surface area contributed by atoms with Crippen LogP contribution in [0.4, 0.5) is 0 Å². The van der Waals surface area contributed by atoms with Crippen molar-refractivity contribution in [2.75, 3.05) is 6.54 Å². The van der Waals surface area contributed by atoms with Gasteiger partial charge in [0.1, 0.15) is 0 Å². The molecule has 1 unspecified atom stereocenters. The third kappa shape index (κ3) is 3.92. The predicted octanol–water partition coefficient (Wildman–Crippen LogP) is -0.483. The second-order valence-electron chi connectivity index (χ2n) is 1.21. The quantitative estimate of drug-likeness (QED) is 0.443. The van der Waals surface area contributed by atoms with E-state index in [4.69, 9.17) is 11.5 Å². The van der Waals surface area contributed by atoms with Gasteiger partial charge in [-0.15, -0.1) is 0 Å². The van der Waals surface area contributed by atoms with E-state index in [1.807, 2.05) is 6.92 Å². The average Bonchev–Trinajstić information content (AvgIpc) is 1.38. The third-order valence-corrected chi connectivity index (χ3v) is 0.372. The van der Waals surface area contributed by atoms with Crippen LogP contribution >= 0.6 is 0 Å². The molecule has 0 aromatic carbocycles. The number of hydrogen-bond donors (Lipinski definition) is 2. The molecule has 0 rings (SSSR count). The van der Waals surface area contributed by atoms with Crippen LogP contribution in [0.1, 0.15) is 9.78 Å². The van der Waals surface area contributed by atoms with Crippen molar-refractivity contribution in [2.24, 2.45) is 11.5 Å². The van der Waals surface area contributed by atoms with Crippen molar-refractivity contribution in [1.82, 2.24) is 0 Å². The first-order valence-electron chi connectivity index (χ1n) is 1.73. The second-order valence-corrected chi connectivity index (χ2v) is 1.21. The molecule has 0 aliphatic rings. The lowest BCUT2D eigenvalue weighted by molar-refractivity contribution is 0.752. The molecule has 0 bridgehead atoms. The van der Waals surface area contributed by atoms with Crippen molar-refractivity contribution >= 4 is 0 Å². The Morgan fingerprint density at radius 3 is 2.20 bits per heavy atom. The van der Waals surface area contributed by atoms with Crippen molar-refractivity contribution in [3.63, 3.8) is 0 Å². The molecule has 0 fully saturated rings.